The van der Waals surface area contributed by atoms with Crippen LogP contribution in [-0.4, -0.2) is 16.0 Å². The first-order chi connectivity index (χ1) is 8.99. The van der Waals surface area contributed by atoms with Crippen LogP contribution in [0.5, 0.6) is 5.75 Å². The summed E-state index contributed by atoms with van der Waals surface area (Å²) < 4.78 is 0. The molecule has 0 aliphatic rings. The molecule has 0 saturated heterocycles. The van der Waals surface area contributed by atoms with Crippen molar-refractivity contribution in [2.24, 2.45) is 0 Å². The maximum Gasteiger partial charge on any atom is 0.257 e. The van der Waals surface area contributed by atoms with Gasteiger partial charge in [0.25, 0.3) is 5.91 Å². The molecule has 4 N–H and O–H groups in total. The minimum absolute atomic E-state index is 0.0524. The van der Waals surface area contributed by atoms with E-state index in [4.69, 9.17) is 28.9 Å². The average molecular weight is 298 g/mol. The second-order valence-electron chi connectivity index (χ2n) is 3.68. The van der Waals surface area contributed by atoms with Gasteiger partial charge in [0.1, 0.15) is 0 Å². The highest BCUT2D eigenvalue weighted by Crippen LogP contribution is 2.29. The number of carbonyl (C=O) groups is 1. The first-order valence-corrected chi connectivity index (χ1v) is 5.94. The number of nitrogens with one attached hydrogen (secondary N) is 1. The number of nitrogens with zero attached hydrogens (tertiary/aromatic N) is 1. The summed E-state index contributed by atoms with van der Waals surface area (Å²) in [4.78, 5) is 15.8. The first-order valence-electron chi connectivity index (χ1n) is 5.19. The number of aromatic nitrogens is 1. The molecule has 1 amide bonds. The fourth-order valence-corrected chi connectivity index (χ4v) is 1.88. The Morgan fingerprint density at radius 1 is 1.32 bits per heavy atom. The molecule has 0 bridgehead atoms. The summed E-state index contributed by atoms with van der Waals surface area (Å²) in [6, 6.07) is 5.73. The standard InChI is InChI=1S/C12H9Cl2N3O2/c13-7-4-6(5-8(14)10(7)15)12(19)17-11-9(18)2-1-3-16-11/h1-5,18H,15H2,(H,16,17,19). The van der Waals surface area contributed by atoms with Crippen LogP contribution in [0.4, 0.5) is 11.5 Å². The number of halogens is 2. The molecule has 19 heavy (non-hydrogen) atoms. The van der Waals surface area contributed by atoms with Crippen LogP contribution >= 0.6 is 23.2 Å². The molecule has 0 radical (unpaired) electrons. The van der Waals surface area contributed by atoms with Gasteiger partial charge in [-0.3, -0.25) is 4.79 Å². The zero-order chi connectivity index (χ0) is 14.0. The van der Waals surface area contributed by atoms with Crippen molar-refractivity contribution in [2.45, 2.75) is 0 Å². The Kier molecular flexibility index (Phi) is 3.78. The summed E-state index contributed by atoms with van der Waals surface area (Å²) >= 11 is 11.7. The van der Waals surface area contributed by atoms with E-state index in [0.29, 0.717) is 0 Å². The van der Waals surface area contributed by atoms with Crippen molar-refractivity contribution in [3.8, 4) is 5.75 Å². The number of aromatic hydroxyl groups is 1. The van der Waals surface area contributed by atoms with Gasteiger partial charge in [-0.1, -0.05) is 23.2 Å². The molecular weight excluding hydrogens is 289 g/mol. The van der Waals surface area contributed by atoms with Crippen LogP contribution in [0.15, 0.2) is 30.5 Å². The SMILES string of the molecule is Nc1c(Cl)cc(C(=O)Nc2ncccc2O)cc1Cl. The lowest BCUT2D eigenvalue weighted by Gasteiger charge is -2.08. The lowest BCUT2D eigenvalue weighted by atomic mass is 10.2. The molecule has 1 aromatic heterocycles. The van der Waals surface area contributed by atoms with Crippen LogP contribution < -0.4 is 11.1 Å². The number of carbonyl (C=O) groups excluding carboxylic acids is 1. The molecule has 0 aliphatic carbocycles. The number of amides is 1. The van der Waals surface area contributed by atoms with E-state index < -0.39 is 5.91 Å². The van der Waals surface area contributed by atoms with Gasteiger partial charge < -0.3 is 16.2 Å². The fourth-order valence-electron chi connectivity index (χ4n) is 1.39. The van der Waals surface area contributed by atoms with Gasteiger partial charge in [0.2, 0.25) is 0 Å². The highest BCUT2D eigenvalue weighted by Gasteiger charge is 2.13. The highest BCUT2D eigenvalue weighted by molar-refractivity contribution is 6.39. The van der Waals surface area contributed by atoms with Crippen molar-refractivity contribution in [2.75, 3.05) is 11.1 Å². The van der Waals surface area contributed by atoms with Gasteiger partial charge in [-0.05, 0) is 24.3 Å². The largest absolute Gasteiger partial charge is 0.504 e. The Morgan fingerprint density at radius 2 is 1.95 bits per heavy atom. The molecule has 7 heteroatoms. The zero-order valence-corrected chi connectivity index (χ0v) is 11.0. The van der Waals surface area contributed by atoms with Crippen LogP contribution in [0.1, 0.15) is 10.4 Å². The number of nitrogen functional groups attached to an aromatic ring is 1. The van der Waals surface area contributed by atoms with E-state index in [0.717, 1.165) is 0 Å². The van der Waals surface area contributed by atoms with Gasteiger partial charge in [-0.25, -0.2) is 4.98 Å². The van der Waals surface area contributed by atoms with E-state index in [1.807, 2.05) is 0 Å². The summed E-state index contributed by atoms with van der Waals surface area (Å²) in [6.45, 7) is 0. The minimum atomic E-state index is -0.502. The van der Waals surface area contributed by atoms with E-state index in [-0.39, 0.29) is 32.9 Å². The molecule has 0 aliphatic heterocycles. The average Bonchev–Trinajstić information content (AvgIpc) is 2.38. The maximum absolute atomic E-state index is 12.0. The quantitative estimate of drug-likeness (QED) is 0.744. The summed E-state index contributed by atoms with van der Waals surface area (Å²) in [5.74, 6) is -0.585. The molecule has 0 fully saturated rings. The van der Waals surface area contributed by atoms with Crippen LogP contribution in [-0.2, 0) is 0 Å². The van der Waals surface area contributed by atoms with Gasteiger partial charge in [-0.2, -0.15) is 0 Å². The third-order valence-electron chi connectivity index (χ3n) is 2.36. The number of pyridine rings is 1. The molecule has 5 nitrogen and oxygen atoms in total. The summed E-state index contributed by atoms with van der Waals surface area (Å²) in [5, 5.41) is 12.3. The van der Waals surface area contributed by atoms with E-state index in [9.17, 15) is 9.90 Å². The zero-order valence-electron chi connectivity index (χ0n) is 9.52. The number of rotatable bonds is 2. The van der Waals surface area contributed by atoms with Crippen molar-refractivity contribution in [3.05, 3.63) is 46.1 Å². The van der Waals surface area contributed by atoms with E-state index in [1.54, 1.807) is 6.07 Å². The summed E-state index contributed by atoms with van der Waals surface area (Å²) in [6.07, 6.45) is 1.44. The molecule has 0 spiro atoms. The molecule has 1 aromatic carbocycles. The number of anilines is 2. The van der Waals surface area contributed by atoms with Crippen LogP contribution in [0.3, 0.4) is 0 Å². The van der Waals surface area contributed by atoms with E-state index in [1.165, 1.54) is 24.4 Å². The van der Waals surface area contributed by atoms with Crippen LogP contribution in [0.2, 0.25) is 10.0 Å². The predicted molar refractivity (Wildman–Crippen MR) is 74.7 cm³/mol. The van der Waals surface area contributed by atoms with Gasteiger partial charge in [-0.15, -0.1) is 0 Å². The molecule has 98 valence electrons. The third kappa shape index (κ3) is 2.89. The molecule has 0 atom stereocenters. The van der Waals surface area contributed by atoms with Crippen LogP contribution in [0, 0.1) is 0 Å². The monoisotopic (exact) mass is 297 g/mol. The number of hydrogen-bond donors (Lipinski definition) is 3. The molecule has 1 heterocycles. The number of nitrogens with two attached hydrogens (primary N) is 1. The smallest absolute Gasteiger partial charge is 0.257 e. The van der Waals surface area contributed by atoms with Crippen molar-refractivity contribution < 1.29 is 9.90 Å². The van der Waals surface area contributed by atoms with Gasteiger partial charge >= 0.3 is 0 Å². The molecule has 0 unspecified atom stereocenters. The van der Waals surface area contributed by atoms with E-state index >= 15 is 0 Å². The highest BCUT2D eigenvalue weighted by atomic mass is 35.5. The first kappa shape index (κ1) is 13.5. The van der Waals surface area contributed by atoms with Gasteiger partial charge in [0.05, 0.1) is 15.7 Å². The summed E-state index contributed by atoms with van der Waals surface area (Å²) in [5.41, 5.74) is 6.01. The Morgan fingerprint density at radius 3 is 2.53 bits per heavy atom. The van der Waals surface area contributed by atoms with Gasteiger partial charge in [0.15, 0.2) is 11.6 Å². The lowest BCUT2D eigenvalue weighted by molar-refractivity contribution is 0.102. The normalized spacial score (nSPS) is 10.2. The third-order valence-corrected chi connectivity index (χ3v) is 2.99. The number of hydrogen-bond acceptors (Lipinski definition) is 4. The van der Waals surface area contributed by atoms with E-state index in [2.05, 4.69) is 10.3 Å². The topological polar surface area (TPSA) is 88.2 Å². The molecule has 0 saturated carbocycles. The lowest BCUT2D eigenvalue weighted by Crippen LogP contribution is -2.13. The fraction of sp³-hybridized carbons (Fsp3) is 0. The van der Waals surface area contributed by atoms with Gasteiger partial charge in [0, 0.05) is 11.8 Å². The maximum atomic E-state index is 12.0. The van der Waals surface area contributed by atoms with Crippen molar-refractivity contribution in [1.82, 2.24) is 4.98 Å². The van der Waals surface area contributed by atoms with Crippen molar-refractivity contribution in [3.63, 3.8) is 0 Å². The Hall–Kier alpha value is -1.98. The predicted octanol–water partition coefficient (Wildman–Crippen LogP) is 2.93. The Bertz CT molecular complexity index is 624. The van der Waals surface area contributed by atoms with Crippen molar-refractivity contribution in [1.29, 1.82) is 0 Å². The Balaban J connectivity index is 2.28. The molecule has 2 aromatic rings. The van der Waals surface area contributed by atoms with Crippen molar-refractivity contribution >= 4 is 40.6 Å². The second kappa shape index (κ2) is 5.34. The number of benzene rings is 1. The molecular formula is C12H9Cl2N3O2. The summed E-state index contributed by atoms with van der Waals surface area (Å²) in [7, 11) is 0. The van der Waals surface area contributed by atoms with Crippen LogP contribution in [0.25, 0.3) is 0 Å². The minimum Gasteiger partial charge on any atom is -0.504 e. The Labute approximate surface area is 119 Å². The molecule has 2 rings (SSSR count). The second-order valence-corrected chi connectivity index (χ2v) is 4.49.